The van der Waals surface area contributed by atoms with Crippen molar-refractivity contribution in [1.82, 2.24) is 14.8 Å². The van der Waals surface area contributed by atoms with Crippen molar-refractivity contribution >= 4 is 24.3 Å². The number of carbonyl (C=O) groups is 2. The zero-order valence-electron chi connectivity index (χ0n) is 23.0. The van der Waals surface area contributed by atoms with Crippen molar-refractivity contribution in [2.45, 2.75) is 58.7 Å². The van der Waals surface area contributed by atoms with Crippen molar-refractivity contribution in [1.29, 1.82) is 0 Å². The van der Waals surface area contributed by atoms with Crippen LogP contribution in [0.1, 0.15) is 51.7 Å². The van der Waals surface area contributed by atoms with Crippen LogP contribution in [0.5, 0.6) is 0 Å². The van der Waals surface area contributed by atoms with Crippen LogP contribution in [0.2, 0.25) is 0 Å². The number of nitrogens with zero attached hydrogens (tertiary/aromatic N) is 5. The van der Waals surface area contributed by atoms with E-state index < -0.39 is 11.7 Å². The van der Waals surface area contributed by atoms with Gasteiger partial charge in [-0.2, -0.15) is 5.10 Å². The van der Waals surface area contributed by atoms with Gasteiger partial charge < -0.3 is 14.3 Å². The Morgan fingerprint density at radius 1 is 1.27 bits per heavy atom. The lowest BCUT2D eigenvalue weighted by molar-refractivity contribution is -0.109. The number of benzene rings is 1. The number of aliphatic imine (C=N–C) groups is 1. The second-order valence-electron chi connectivity index (χ2n) is 10.6. The van der Waals surface area contributed by atoms with Crippen molar-refractivity contribution < 1.29 is 19.1 Å². The van der Waals surface area contributed by atoms with Crippen LogP contribution in [0, 0.1) is 5.92 Å². The van der Waals surface area contributed by atoms with E-state index in [0.29, 0.717) is 5.82 Å². The van der Waals surface area contributed by atoms with Crippen LogP contribution >= 0.6 is 0 Å². The van der Waals surface area contributed by atoms with E-state index in [4.69, 9.17) is 9.47 Å². The van der Waals surface area contributed by atoms with Gasteiger partial charge >= 0.3 is 6.09 Å². The fourth-order valence-electron chi connectivity index (χ4n) is 3.94. The monoisotopic (exact) mass is 511 g/mol. The average Bonchev–Trinajstić information content (AvgIpc) is 3.69. The number of hydrogen-bond donors (Lipinski definition) is 0. The number of rotatable bonds is 10. The lowest BCUT2D eigenvalue weighted by Gasteiger charge is -2.32. The molecule has 2 aliphatic rings. The Hall–Kier alpha value is -3.04. The van der Waals surface area contributed by atoms with Gasteiger partial charge in [-0.25, -0.2) is 4.79 Å². The number of amides is 1. The fraction of sp³-hybridized carbons (Fsp3) is 0.571. The van der Waals surface area contributed by atoms with Gasteiger partial charge in [-0.05, 0) is 45.2 Å². The highest BCUT2D eigenvalue weighted by atomic mass is 16.6. The third kappa shape index (κ3) is 8.79. The van der Waals surface area contributed by atoms with Gasteiger partial charge in [0.25, 0.3) is 0 Å². The smallest absolute Gasteiger partial charge is 0.416 e. The summed E-state index contributed by atoms with van der Waals surface area (Å²) in [4.78, 5) is 33.1. The summed E-state index contributed by atoms with van der Waals surface area (Å²) in [6, 6.07) is 8.33. The van der Waals surface area contributed by atoms with Gasteiger partial charge in [0.1, 0.15) is 17.7 Å². The summed E-state index contributed by atoms with van der Waals surface area (Å²) >= 11 is 0. The molecule has 0 bridgehead atoms. The van der Waals surface area contributed by atoms with Crippen LogP contribution in [0.25, 0.3) is 0 Å². The molecule has 1 aliphatic heterocycles. The molecule has 1 saturated carbocycles. The Morgan fingerprint density at radius 3 is 2.57 bits per heavy atom. The summed E-state index contributed by atoms with van der Waals surface area (Å²) in [6.07, 6.45) is 5.60. The SMILES string of the molecule is C/N=C(\C=C(/N(C)/N=C\C(C)C=O)N(C(=O)OC(C)(C)C)C1CC1)c1cccc(CN2CCOCC2)c1. The first-order chi connectivity index (χ1) is 17.6. The standard InChI is InChI=1S/C28H41N5O4/c1-21(20-34)18-30-31(6)26(33(24-10-11-24)27(35)37-28(2,3)4)17-25(29-5)23-9-7-8-22(16-23)19-32-12-14-36-15-13-32/h7-9,16-18,20-21,24H,10-15,19H2,1-6H3/b26-17+,29-25+,30-18-. The second kappa shape index (κ2) is 13.0. The minimum absolute atomic E-state index is 0.0213. The zero-order chi connectivity index (χ0) is 27.0. The van der Waals surface area contributed by atoms with E-state index in [0.717, 1.165) is 63.3 Å². The molecule has 1 aliphatic carbocycles. The summed E-state index contributed by atoms with van der Waals surface area (Å²) in [5.74, 6) is 0.195. The zero-order valence-corrected chi connectivity index (χ0v) is 23.0. The number of ether oxygens (including phenoxy) is 2. The minimum Gasteiger partial charge on any atom is -0.443 e. The van der Waals surface area contributed by atoms with Crippen LogP contribution in [-0.2, 0) is 20.8 Å². The van der Waals surface area contributed by atoms with Crippen molar-refractivity contribution in [3.63, 3.8) is 0 Å². The van der Waals surface area contributed by atoms with E-state index in [1.54, 1.807) is 37.1 Å². The maximum absolute atomic E-state index is 13.3. The molecule has 37 heavy (non-hydrogen) atoms. The Kier molecular flexibility index (Phi) is 10.00. The largest absolute Gasteiger partial charge is 0.443 e. The van der Waals surface area contributed by atoms with Crippen LogP contribution in [0.15, 0.2) is 46.3 Å². The van der Waals surface area contributed by atoms with Gasteiger partial charge in [-0.3, -0.25) is 19.8 Å². The number of morpholine rings is 1. The molecule has 1 amide bonds. The summed E-state index contributed by atoms with van der Waals surface area (Å²) in [5, 5.41) is 6.08. The van der Waals surface area contributed by atoms with Gasteiger partial charge in [0, 0.05) is 63.5 Å². The number of hydrazone groups is 1. The normalized spacial score (nSPS) is 18.5. The first-order valence-electron chi connectivity index (χ1n) is 12.9. The van der Waals surface area contributed by atoms with Crippen molar-refractivity contribution in [2.24, 2.45) is 16.0 Å². The van der Waals surface area contributed by atoms with E-state index in [1.807, 2.05) is 39.0 Å². The minimum atomic E-state index is -0.640. The maximum Gasteiger partial charge on any atom is 0.416 e. The van der Waals surface area contributed by atoms with Crippen molar-refractivity contribution in [3.8, 4) is 0 Å². The highest BCUT2D eigenvalue weighted by Gasteiger charge is 2.39. The number of carbonyl (C=O) groups excluding carboxylic acids is 2. The van der Waals surface area contributed by atoms with Gasteiger partial charge in [-0.1, -0.05) is 25.1 Å². The Bertz CT molecular complexity index is 1020. The molecule has 0 aromatic heterocycles. The molecule has 202 valence electrons. The maximum atomic E-state index is 13.3. The number of aldehydes is 1. The highest BCUT2D eigenvalue weighted by molar-refractivity contribution is 6.09. The summed E-state index contributed by atoms with van der Waals surface area (Å²) in [7, 11) is 3.51. The Morgan fingerprint density at radius 2 is 1.97 bits per heavy atom. The predicted octanol–water partition coefficient (Wildman–Crippen LogP) is 3.93. The number of allylic oxidation sites excluding steroid dienone is 1. The first-order valence-corrected chi connectivity index (χ1v) is 12.9. The summed E-state index contributed by atoms with van der Waals surface area (Å²) in [6.45, 7) is 11.5. The molecule has 1 saturated heterocycles. The molecule has 0 N–H and O–H groups in total. The molecule has 1 atom stereocenters. The van der Waals surface area contributed by atoms with E-state index in [-0.39, 0.29) is 12.0 Å². The molecule has 9 nitrogen and oxygen atoms in total. The first kappa shape index (κ1) is 28.5. The predicted molar refractivity (Wildman–Crippen MR) is 146 cm³/mol. The molecule has 0 radical (unpaired) electrons. The topological polar surface area (TPSA) is 87.0 Å². The van der Waals surface area contributed by atoms with Crippen molar-refractivity contribution in [2.75, 3.05) is 40.4 Å². The Labute approximate surface area is 220 Å². The van der Waals surface area contributed by atoms with Gasteiger partial charge in [0.05, 0.1) is 18.9 Å². The molecule has 3 rings (SSSR count). The third-order valence-electron chi connectivity index (χ3n) is 6.01. The molecule has 0 spiro atoms. The van der Waals surface area contributed by atoms with E-state index in [2.05, 4.69) is 27.1 Å². The average molecular weight is 512 g/mol. The van der Waals surface area contributed by atoms with Crippen LogP contribution < -0.4 is 0 Å². The van der Waals surface area contributed by atoms with Crippen LogP contribution in [0.4, 0.5) is 4.79 Å². The van der Waals surface area contributed by atoms with E-state index >= 15 is 0 Å². The molecule has 1 unspecified atom stereocenters. The summed E-state index contributed by atoms with van der Waals surface area (Å²) in [5.41, 5.74) is 2.22. The van der Waals surface area contributed by atoms with Crippen molar-refractivity contribution in [3.05, 3.63) is 47.3 Å². The third-order valence-corrected chi connectivity index (χ3v) is 6.01. The van der Waals surface area contributed by atoms with Crippen LogP contribution in [0.3, 0.4) is 0 Å². The molecule has 9 heteroatoms. The van der Waals surface area contributed by atoms with E-state index in [1.165, 1.54) is 5.56 Å². The van der Waals surface area contributed by atoms with E-state index in [9.17, 15) is 9.59 Å². The molecular weight excluding hydrogens is 470 g/mol. The van der Waals surface area contributed by atoms with Gasteiger partial charge in [0.15, 0.2) is 0 Å². The number of hydrogen-bond acceptors (Lipinski definition) is 8. The Balaban J connectivity index is 1.96. The van der Waals surface area contributed by atoms with Gasteiger partial charge in [-0.15, -0.1) is 0 Å². The fourth-order valence-corrected chi connectivity index (χ4v) is 3.94. The quantitative estimate of drug-likeness (QED) is 0.269. The second-order valence-corrected chi connectivity index (χ2v) is 10.6. The lowest BCUT2D eigenvalue weighted by Crippen LogP contribution is -2.41. The molecule has 1 heterocycles. The summed E-state index contributed by atoms with van der Waals surface area (Å²) < 4.78 is 11.2. The molecule has 1 aromatic rings. The van der Waals surface area contributed by atoms with Gasteiger partial charge in [0.2, 0.25) is 0 Å². The lowest BCUT2D eigenvalue weighted by atomic mass is 10.1. The van der Waals surface area contributed by atoms with Crippen LogP contribution in [-0.4, -0.2) is 91.2 Å². The molecular formula is C28H41N5O4. The molecule has 1 aromatic carbocycles. The molecule has 2 fully saturated rings. The highest BCUT2D eigenvalue weighted by Crippen LogP contribution is 2.33.